The van der Waals surface area contributed by atoms with E-state index in [0.29, 0.717) is 36.0 Å². The predicted molar refractivity (Wildman–Crippen MR) is 137 cm³/mol. The molecular weight excluding hydrogens is 511 g/mol. The quantitative estimate of drug-likeness (QED) is 0.116. The van der Waals surface area contributed by atoms with Gasteiger partial charge in [0.05, 0.1) is 23.9 Å². The summed E-state index contributed by atoms with van der Waals surface area (Å²) in [4.78, 5) is 11.6. The zero-order chi connectivity index (χ0) is 26.1. The van der Waals surface area contributed by atoms with Crippen LogP contribution in [0.2, 0.25) is 5.02 Å². The SMILES string of the molecule is N=C(N)c1ccc(OCCCCOc2ccc(NC(=O)Nc3ccc(S(=O)(=O)F)cc3Cl)cc2)cc1. The minimum Gasteiger partial charge on any atom is -0.494 e. The van der Waals surface area contributed by atoms with Crippen molar-refractivity contribution in [2.45, 2.75) is 17.7 Å². The lowest BCUT2D eigenvalue weighted by atomic mass is 10.2. The topological polar surface area (TPSA) is 144 Å². The number of carbonyl (C=O) groups excluding carboxylic acids is 1. The number of halogens is 2. The van der Waals surface area contributed by atoms with Crippen LogP contribution in [0, 0.1) is 5.41 Å². The maximum absolute atomic E-state index is 13.0. The van der Waals surface area contributed by atoms with Crippen molar-refractivity contribution < 1.29 is 26.6 Å². The smallest absolute Gasteiger partial charge is 0.332 e. The van der Waals surface area contributed by atoms with Gasteiger partial charge in [0, 0.05) is 11.3 Å². The highest BCUT2D eigenvalue weighted by atomic mass is 35.5. The summed E-state index contributed by atoms with van der Waals surface area (Å²) in [6, 6.07) is 16.2. The number of nitrogen functional groups attached to an aromatic ring is 1. The first-order valence-corrected chi connectivity index (χ1v) is 12.5. The van der Waals surface area contributed by atoms with Crippen molar-refractivity contribution in [1.29, 1.82) is 5.41 Å². The van der Waals surface area contributed by atoms with Crippen molar-refractivity contribution in [3.8, 4) is 11.5 Å². The molecule has 36 heavy (non-hydrogen) atoms. The molecule has 0 aliphatic rings. The van der Waals surface area contributed by atoms with E-state index < -0.39 is 21.1 Å². The van der Waals surface area contributed by atoms with Crippen LogP contribution in [0.1, 0.15) is 18.4 Å². The fourth-order valence-electron chi connectivity index (χ4n) is 2.98. The van der Waals surface area contributed by atoms with Crippen molar-refractivity contribution in [1.82, 2.24) is 0 Å². The molecule has 0 radical (unpaired) electrons. The Morgan fingerprint density at radius 2 is 1.47 bits per heavy atom. The molecular formula is C24H24ClFN4O5S. The van der Waals surface area contributed by atoms with Crippen LogP contribution in [0.25, 0.3) is 0 Å². The van der Waals surface area contributed by atoms with Gasteiger partial charge in [-0.05, 0) is 79.6 Å². The van der Waals surface area contributed by atoms with Gasteiger partial charge in [0.15, 0.2) is 0 Å². The average Bonchev–Trinajstić information content (AvgIpc) is 2.83. The Kier molecular flexibility index (Phi) is 9.09. The lowest BCUT2D eigenvalue weighted by Crippen LogP contribution is -2.19. The summed E-state index contributed by atoms with van der Waals surface area (Å²) < 4.78 is 46.2. The van der Waals surface area contributed by atoms with Crippen LogP contribution in [-0.4, -0.2) is 33.5 Å². The Morgan fingerprint density at radius 3 is 1.97 bits per heavy atom. The third-order valence-corrected chi connectivity index (χ3v) is 5.95. The van der Waals surface area contributed by atoms with Crippen molar-refractivity contribution in [3.05, 3.63) is 77.3 Å². The zero-order valence-corrected chi connectivity index (χ0v) is 20.5. The van der Waals surface area contributed by atoms with Gasteiger partial charge in [0.2, 0.25) is 0 Å². The first-order valence-electron chi connectivity index (χ1n) is 10.7. The van der Waals surface area contributed by atoms with Crippen molar-refractivity contribution >= 4 is 45.1 Å². The zero-order valence-electron chi connectivity index (χ0n) is 19.0. The summed E-state index contributed by atoms with van der Waals surface area (Å²) in [5.41, 5.74) is 6.68. The van der Waals surface area contributed by atoms with E-state index in [4.69, 9.17) is 32.2 Å². The maximum atomic E-state index is 13.0. The van der Waals surface area contributed by atoms with Gasteiger partial charge in [-0.15, -0.1) is 3.89 Å². The maximum Gasteiger partial charge on any atom is 0.332 e. The molecule has 3 aromatic rings. The minimum absolute atomic E-state index is 0.0123. The molecule has 0 atom stereocenters. The van der Waals surface area contributed by atoms with Crippen LogP contribution < -0.4 is 25.8 Å². The molecule has 0 saturated carbocycles. The molecule has 3 aromatic carbocycles. The number of hydrogen-bond donors (Lipinski definition) is 4. The highest BCUT2D eigenvalue weighted by Gasteiger charge is 2.15. The Balaban J connectivity index is 1.37. The molecule has 0 bridgehead atoms. The van der Waals surface area contributed by atoms with E-state index >= 15 is 0 Å². The van der Waals surface area contributed by atoms with Crippen molar-refractivity contribution in [2.24, 2.45) is 5.73 Å². The van der Waals surface area contributed by atoms with Crippen LogP contribution >= 0.6 is 11.6 Å². The van der Waals surface area contributed by atoms with E-state index in [2.05, 4.69) is 10.6 Å². The normalized spacial score (nSPS) is 10.9. The van der Waals surface area contributed by atoms with Gasteiger partial charge in [-0.2, -0.15) is 8.42 Å². The van der Waals surface area contributed by atoms with Gasteiger partial charge in [-0.1, -0.05) is 11.6 Å². The number of amidine groups is 1. The van der Waals surface area contributed by atoms with Gasteiger partial charge in [0.25, 0.3) is 0 Å². The summed E-state index contributed by atoms with van der Waals surface area (Å²) in [6.07, 6.45) is 1.56. The summed E-state index contributed by atoms with van der Waals surface area (Å²) >= 11 is 5.92. The Morgan fingerprint density at radius 1 is 0.917 bits per heavy atom. The van der Waals surface area contributed by atoms with Gasteiger partial charge in [0.1, 0.15) is 22.2 Å². The van der Waals surface area contributed by atoms with Crippen LogP contribution in [-0.2, 0) is 10.2 Å². The summed E-state index contributed by atoms with van der Waals surface area (Å²) in [6.45, 7) is 1.01. The summed E-state index contributed by atoms with van der Waals surface area (Å²) in [5.74, 6) is 1.35. The van der Waals surface area contributed by atoms with Gasteiger partial charge in [-0.25, -0.2) is 4.79 Å². The first kappa shape index (κ1) is 26.8. The van der Waals surface area contributed by atoms with E-state index in [1.165, 1.54) is 6.07 Å². The fourth-order valence-corrected chi connectivity index (χ4v) is 3.76. The number of anilines is 2. The third kappa shape index (κ3) is 8.14. The van der Waals surface area contributed by atoms with Crippen molar-refractivity contribution in [2.75, 3.05) is 23.8 Å². The molecule has 0 saturated heterocycles. The monoisotopic (exact) mass is 534 g/mol. The van der Waals surface area contributed by atoms with Crippen LogP contribution in [0.15, 0.2) is 71.6 Å². The molecule has 3 rings (SSSR count). The molecule has 0 aromatic heterocycles. The second kappa shape index (κ2) is 12.2. The van der Waals surface area contributed by atoms with Crippen molar-refractivity contribution in [3.63, 3.8) is 0 Å². The highest BCUT2D eigenvalue weighted by molar-refractivity contribution is 7.86. The Bertz CT molecular complexity index is 1320. The lowest BCUT2D eigenvalue weighted by molar-refractivity contribution is 0.262. The molecule has 0 fully saturated rings. The van der Waals surface area contributed by atoms with E-state index in [1.54, 1.807) is 48.5 Å². The average molecular weight is 535 g/mol. The van der Waals surface area contributed by atoms with Gasteiger partial charge >= 0.3 is 16.3 Å². The van der Waals surface area contributed by atoms with E-state index in [0.717, 1.165) is 25.0 Å². The minimum atomic E-state index is -4.89. The number of amides is 2. The van der Waals surface area contributed by atoms with E-state index in [9.17, 15) is 17.1 Å². The first-order chi connectivity index (χ1) is 17.1. The van der Waals surface area contributed by atoms with E-state index in [-0.39, 0.29) is 16.5 Å². The van der Waals surface area contributed by atoms with Crippen LogP contribution in [0.3, 0.4) is 0 Å². The van der Waals surface area contributed by atoms with E-state index in [1.807, 2.05) is 0 Å². The molecule has 0 spiro atoms. The number of rotatable bonds is 11. The molecule has 5 N–H and O–H groups in total. The molecule has 0 heterocycles. The lowest BCUT2D eigenvalue weighted by Gasteiger charge is -2.11. The van der Waals surface area contributed by atoms with Gasteiger partial charge < -0.3 is 25.8 Å². The third-order valence-electron chi connectivity index (χ3n) is 4.82. The fraction of sp³-hybridized carbons (Fsp3) is 0.167. The summed E-state index contributed by atoms with van der Waals surface area (Å²) in [7, 11) is -4.89. The highest BCUT2D eigenvalue weighted by Crippen LogP contribution is 2.26. The standard InChI is InChI=1S/C24H24ClFN4O5S/c25-21-15-20(36(26,32)33)11-12-22(21)30-24(31)29-17-5-9-19(10-6-17)35-14-2-1-13-34-18-7-3-16(4-8-18)23(27)28/h3-12,15H,1-2,13-14H2,(H3,27,28)(H2,29,30,31). The Hall–Kier alpha value is -3.83. The van der Waals surface area contributed by atoms with Gasteiger partial charge in [-0.3, -0.25) is 5.41 Å². The number of benzene rings is 3. The molecule has 0 aliphatic heterocycles. The number of urea groups is 1. The molecule has 190 valence electrons. The number of ether oxygens (including phenoxy) is 2. The number of carbonyl (C=O) groups is 1. The molecule has 0 aliphatic carbocycles. The van der Waals surface area contributed by atoms with Crippen LogP contribution in [0.5, 0.6) is 11.5 Å². The molecule has 12 heteroatoms. The number of unbranched alkanes of at least 4 members (excludes halogenated alkanes) is 1. The number of nitrogens with two attached hydrogens (primary N) is 1. The number of hydrogen-bond acceptors (Lipinski definition) is 6. The largest absolute Gasteiger partial charge is 0.494 e. The Labute approximate surface area is 213 Å². The molecule has 2 amide bonds. The molecule has 0 unspecified atom stereocenters. The second-order valence-electron chi connectivity index (χ2n) is 7.53. The summed E-state index contributed by atoms with van der Waals surface area (Å²) in [5, 5.41) is 12.3. The molecule has 9 nitrogen and oxygen atoms in total. The predicted octanol–water partition coefficient (Wildman–Crippen LogP) is 5.16. The van der Waals surface area contributed by atoms with Crippen LogP contribution in [0.4, 0.5) is 20.1 Å². The second-order valence-corrected chi connectivity index (χ2v) is 9.28. The number of nitrogens with one attached hydrogen (secondary N) is 3.